The molecule has 3 atom stereocenters. The largest absolute Gasteiger partial charge is 0.494 e. The first kappa shape index (κ1) is 22.6. The van der Waals surface area contributed by atoms with Crippen LogP contribution in [0, 0.1) is 11.6 Å². The van der Waals surface area contributed by atoms with Crippen LogP contribution in [0.2, 0.25) is 0 Å². The maximum Gasteiger partial charge on any atom is 0.253 e. The molecule has 0 bridgehead atoms. The Labute approximate surface area is 166 Å². The second kappa shape index (κ2) is 10.8. The topological polar surface area (TPSA) is 80.7 Å². The molecule has 3 rings (SSSR count). The lowest BCUT2D eigenvalue weighted by Crippen LogP contribution is -2.27. The fourth-order valence-electron chi connectivity index (χ4n) is 2.65. The zero-order valence-corrected chi connectivity index (χ0v) is 16.1. The van der Waals surface area contributed by atoms with Gasteiger partial charge in [-0.25, -0.2) is 8.78 Å². The average Bonchev–Trinajstić information content (AvgIpc) is 3.16. The Morgan fingerprint density at radius 1 is 1.38 bits per heavy atom. The Bertz CT molecular complexity index is 822. The van der Waals surface area contributed by atoms with Gasteiger partial charge in [0.2, 0.25) is 5.82 Å². The number of nitrogens with zero attached hydrogens (tertiary/aromatic N) is 1. The highest BCUT2D eigenvalue weighted by molar-refractivity contribution is 5.94. The first-order valence-corrected chi connectivity index (χ1v) is 9.00. The second-order valence-electron chi connectivity index (χ2n) is 6.38. The number of rotatable bonds is 5. The van der Waals surface area contributed by atoms with Crippen LogP contribution < -0.4 is 10.1 Å². The third-order valence-corrected chi connectivity index (χ3v) is 4.19. The lowest BCUT2D eigenvalue weighted by Gasteiger charge is -2.12. The highest BCUT2D eigenvalue weighted by Crippen LogP contribution is 2.22. The Morgan fingerprint density at radius 3 is 2.72 bits per heavy atom. The number of ether oxygens (including phenoxy) is 2. The molecule has 1 aliphatic rings. The van der Waals surface area contributed by atoms with Crippen molar-refractivity contribution in [2.45, 2.75) is 38.1 Å². The van der Waals surface area contributed by atoms with Gasteiger partial charge >= 0.3 is 0 Å². The van der Waals surface area contributed by atoms with Crippen LogP contribution in [0.4, 0.5) is 18.9 Å². The maximum atomic E-state index is 13.3. The standard InChI is InChI=1S/C13H17FN2O3.C7H6F2O/c1-8-2-3-12(19-8)13(18)16-9-4-5-15-11(6-9)10(14)7-17;1-10-6-4-2-3-5(8)7(6)9/h4-6,8,10,12,17H,2-3,7H2,1H3,(H,15,16,18);2-4H,1H3. The van der Waals surface area contributed by atoms with Crippen molar-refractivity contribution in [3.63, 3.8) is 0 Å². The van der Waals surface area contributed by atoms with Gasteiger partial charge in [0.15, 0.2) is 17.7 Å². The molecule has 6 nitrogen and oxygen atoms in total. The van der Waals surface area contributed by atoms with Crippen molar-refractivity contribution in [2.75, 3.05) is 19.0 Å². The fourth-order valence-corrected chi connectivity index (χ4v) is 2.65. The van der Waals surface area contributed by atoms with Gasteiger partial charge in [-0.05, 0) is 44.0 Å². The summed E-state index contributed by atoms with van der Waals surface area (Å²) in [5.41, 5.74) is 0.551. The minimum absolute atomic E-state index is 0.0694. The number of aliphatic hydroxyl groups is 1. The molecular weight excluding hydrogens is 389 g/mol. The molecule has 1 saturated heterocycles. The maximum absolute atomic E-state index is 13.3. The Balaban J connectivity index is 0.000000253. The van der Waals surface area contributed by atoms with E-state index < -0.39 is 30.5 Å². The monoisotopic (exact) mass is 412 g/mol. The van der Waals surface area contributed by atoms with Crippen LogP contribution in [0.1, 0.15) is 31.6 Å². The van der Waals surface area contributed by atoms with Gasteiger partial charge in [-0.1, -0.05) is 6.07 Å². The lowest BCUT2D eigenvalue weighted by molar-refractivity contribution is -0.126. The van der Waals surface area contributed by atoms with Gasteiger partial charge in [0, 0.05) is 11.9 Å². The summed E-state index contributed by atoms with van der Waals surface area (Å²) in [5, 5.41) is 11.4. The number of alkyl halides is 1. The van der Waals surface area contributed by atoms with Gasteiger partial charge in [-0.15, -0.1) is 0 Å². The normalized spacial score (nSPS) is 19.1. The van der Waals surface area contributed by atoms with Crippen molar-refractivity contribution in [3.05, 3.63) is 53.9 Å². The number of amides is 1. The molecule has 1 amide bonds. The van der Waals surface area contributed by atoms with E-state index in [1.165, 1.54) is 31.5 Å². The van der Waals surface area contributed by atoms with Gasteiger partial charge in [-0.2, -0.15) is 4.39 Å². The van der Waals surface area contributed by atoms with Crippen LogP contribution >= 0.6 is 0 Å². The molecule has 0 spiro atoms. The van der Waals surface area contributed by atoms with Crippen LogP contribution in [0.5, 0.6) is 5.75 Å². The molecule has 3 unspecified atom stereocenters. The summed E-state index contributed by atoms with van der Waals surface area (Å²) in [6.07, 6.45) is 1.04. The van der Waals surface area contributed by atoms with Crippen LogP contribution in [0.15, 0.2) is 36.5 Å². The van der Waals surface area contributed by atoms with E-state index in [0.717, 1.165) is 12.5 Å². The minimum atomic E-state index is -1.54. The number of halogens is 3. The predicted octanol–water partition coefficient (Wildman–Crippen LogP) is 3.56. The molecular formula is C20H23F3N2O4. The van der Waals surface area contributed by atoms with E-state index in [0.29, 0.717) is 12.1 Å². The van der Waals surface area contributed by atoms with Crippen molar-refractivity contribution >= 4 is 11.6 Å². The second-order valence-corrected chi connectivity index (χ2v) is 6.38. The van der Waals surface area contributed by atoms with Crippen LogP contribution in [-0.4, -0.2) is 41.9 Å². The number of benzene rings is 1. The number of hydrogen-bond acceptors (Lipinski definition) is 5. The first-order valence-electron chi connectivity index (χ1n) is 9.00. The summed E-state index contributed by atoms with van der Waals surface area (Å²) in [6.45, 7) is 1.29. The third kappa shape index (κ3) is 6.43. The number of anilines is 1. The number of aliphatic hydroxyl groups excluding tert-OH is 1. The molecule has 2 N–H and O–H groups in total. The van der Waals surface area contributed by atoms with Gasteiger partial charge in [0.1, 0.15) is 6.10 Å². The molecule has 2 heterocycles. The van der Waals surface area contributed by atoms with Crippen LogP contribution in [0.25, 0.3) is 0 Å². The fraction of sp³-hybridized carbons (Fsp3) is 0.400. The highest BCUT2D eigenvalue weighted by Gasteiger charge is 2.28. The summed E-state index contributed by atoms with van der Waals surface area (Å²) >= 11 is 0. The Hall–Kier alpha value is -2.65. The molecule has 1 aromatic carbocycles. The molecule has 158 valence electrons. The summed E-state index contributed by atoms with van der Waals surface area (Å²) in [6, 6.07) is 6.77. The Kier molecular flexibility index (Phi) is 8.41. The molecule has 29 heavy (non-hydrogen) atoms. The van der Waals surface area contributed by atoms with Gasteiger partial charge in [-0.3, -0.25) is 9.78 Å². The lowest BCUT2D eigenvalue weighted by atomic mass is 10.2. The van der Waals surface area contributed by atoms with Gasteiger partial charge in [0.05, 0.1) is 25.5 Å². The SMILES string of the molecule is CC1CCC(C(=O)Nc2ccnc(C(F)CO)c2)O1.COc1cccc(F)c1F. The zero-order chi connectivity index (χ0) is 21.4. The van der Waals surface area contributed by atoms with E-state index in [1.807, 2.05) is 6.92 Å². The average molecular weight is 412 g/mol. The van der Waals surface area contributed by atoms with Crippen molar-refractivity contribution < 1.29 is 32.5 Å². The van der Waals surface area contributed by atoms with Gasteiger partial charge < -0.3 is 19.9 Å². The molecule has 1 aromatic heterocycles. The molecule has 0 aliphatic carbocycles. The number of hydrogen-bond donors (Lipinski definition) is 2. The predicted molar refractivity (Wildman–Crippen MR) is 100 cm³/mol. The van der Waals surface area contributed by atoms with E-state index in [2.05, 4.69) is 15.0 Å². The number of carbonyl (C=O) groups is 1. The van der Waals surface area contributed by atoms with E-state index >= 15 is 0 Å². The number of methoxy groups -OCH3 is 1. The van der Waals surface area contributed by atoms with Crippen molar-refractivity contribution in [3.8, 4) is 5.75 Å². The van der Waals surface area contributed by atoms with Crippen molar-refractivity contribution in [2.24, 2.45) is 0 Å². The summed E-state index contributed by atoms with van der Waals surface area (Å²) < 4.78 is 48.1. The Morgan fingerprint density at radius 2 is 2.14 bits per heavy atom. The van der Waals surface area contributed by atoms with Gasteiger partial charge in [0.25, 0.3) is 5.91 Å². The quantitative estimate of drug-likeness (QED) is 0.785. The van der Waals surface area contributed by atoms with Crippen LogP contribution in [-0.2, 0) is 9.53 Å². The van der Waals surface area contributed by atoms with E-state index in [-0.39, 0.29) is 23.5 Å². The molecule has 2 aromatic rings. The minimum Gasteiger partial charge on any atom is -0.494 e. The van der Waals surface area contributed by atoms with E-state index in [4.69, 9.17) is 9.84 Å². The zero-order valence-electron chi connectivity index (χ0n) is 16.1. The molecule has 0 radical (unpaired) electrons. The van der Waals surface area contributed by atoms with Crippen molar-refractivity contribution in [1.29, 1.82) is 0 Å². The third-order valence-electron chi connectivity index (χ3n) is 4.19. The van der Waals surface area contributed by atoms with E-state index in [9.17, 15) is 18.0 Å². The summed E-state index contributed by atoms with van der Waals surface area (Å²) in [5.74, 6) is -2.13. The number of nitrogens with one attached hydrogen (secondary N) is 1. The van der Waals surface area contributed by atoms with E-state index in [1.54, 1.807) is 6.07 Å². The number of aromatic nitrogens is 1. The number of pyridine rings is 1. The van der Waals surface area contributed by atoms with Crippen molar-refractivity contribution in [1.82, 2.24) is 4.98 Å². The summed E-state index contributed by atoms with van der Waals surface area (Å²) in [7, 11) is 1.29. The highest BCUT2D eigenvalue weighted by atomic mass is 19.2. The van der Waals surface area contributed by atoms with Crippen LogP contribution in [0.3, 0.4) is 0 Å². The first-order chi connectivity index (χ1) is 13.8. The number of carbonyl (C=O) groups excluding carboxylic acids is 1. The molecule has 1 fully saturated rings. The smallest absolute Gasteiger partial charge is 0.253 e. The summed E-state index contributed by atoms with van der Waals surface area (Å²) in [4.78, 5) is 15.7. The molecule has 9 heteroatoms. The molecule has 0 saturated carbocycles. The molecule has 1 aliphatic heterocycles.